The predicted octanol–water partition coefficient (Wildman–Crippen LogP) is 0.223. The molecule has 0 aliphatic carbocycles. The van der Waals surface area contributed by atoms with Gasteiger partial charge in [0.2, 0.25) is 0 Å². The van der Waals surface area contributed by atoms with Crippen molar-refractivity contribution in [3.05, 3.63) is 4.91 Å². The molecule has 11 heavy (non-hydrogen) atoms. The SMILES string of the molecule is CN(CCC#N)C(=O)NN=O. The molecular weight excluding hydrogens is 148 g/mol. The summed E-state index contributed by atoms with van der Waals surface area (Å²) in [6, 6.07) is 1.26. The summed E-state index contributed by atoms with van der Waals surface area (Å²) < 4.78 is 0. The Morgan fingerprint density at radius 2 is 2.45 bits per heavy atom. The van der Waals surface area contributed by atoms with Crippen molar-refractivity contribution in [3.63, 3.8) is 0 Å². The first kappa shape index (κ1) is 9.36. The Balaban J connectivity index is 3.65. The number of hydrogen-bond donors (Lipinski definition) is 1. The van der Waals surface area contributed by atoms with Crippen LogP contribution in [0.1, 0.15) is 6.42 Å². The first-order chi connectivity index (χ1) is 5.22. The maximum absolute atomic E-state index is 10.7. The summed E-state index contributed by atoms with van der Waals surface area (Å²) in [5, 5.41) is 10.3. The molecule has 6 heteroatoms. The molecule has 2 amide bonds. The fourth-order valence-electron chi connectivity index (χ4n) is 0.444. The highest BCUT2D eigenvalue weighted by molar-refractivity contribution is 5.73. The van der Waals surface area contributed by atoms with Crippen molar-refractivity contribution in [1.29, 1.82) is 5.26 Å². The molecule has 0 aromatic heterocycles. The van der Waals surface area contributed by atoms with Crippen LogP contribution in [-0.2, 0) is 0 Å². The molecule has 0 radical (unpaired) electrons. The molecule has 0 aliphatic heterocycles. The summed E-state index contributed by atoms with van der Waals surface area (Å²) in [7, 11) is 1.47. The van der Waals surface area contributed by atoms with Crippen LogP contribution in [0.3, 0.4) is 0 Å². The lowest BCUT2D eigenvalue weighted by molar-refractivity contribution is 0.210. The van der Waals surface area contributed by atoms with Crippen molar-refractivity contribution < 1.29 is 4.79 Å². The molecule has 0 aliphatic rings. The normalized spacial score (nSPS) is 8.00. The van der Waals surface area contributed by atoms with Crippen LogP contribution in [0.25, 0.3) is 0 Å². The molecule has 0 spiro atoms. The van der Waals surface area contributed by atoms with Gasteiger partial charge in [0.25, 0.3) is 0 Å². The number of nitriles is 1. The van der Waals surface area contributed by atoms with Gasteiger partial charge in [0, 0.05) is 13.6 Å². The van der Waals surface area contributed by atoms with Gasteiger partial charge in [0.05, 0.1) is 17.8 Å². The highest BCUT2D eigenvalue weighted by Gasteiger charge is 2.05. The van der Waals surface area contributed by atoms with E-state index in [1.807, 2.05) is 6.07 Å². The Morgan fingerprint density at radius 1 is 1.82 bits per heavy atom. The van der Waals surface area contributed by atoms with Gasteiger partial charge >= 0.3 is 6.03 Å². The number of rotatable bonds is 3. The van der Waals surface area contributed by atoms with Crippen molar-refractivity contribution in [2.45, 2.75) is 6.42 Å². The summed E-state index contributed by atoms with van der Waals surface area (Å²) in [6.45, 7) is 0.290. The van der Waals surface area contributed by atoms with Crippen molar-refractivity contribution in [1.82, 2.24) is 10.3 Å². The van der Waals surface area contributed by atoms with Gasteiger partial charge in [-0.15, -0.1) is 4.91 Å². The van der Waals surface area contributed by atoms with E-state index in [-0.39, 0.29) is 13.0 Å². The number of hydrogen-bond acceptors (Lipinski definition) is 4. The van der Waals surface area contributed by atoms with E-state index in [4.69, 9.17) is 5.26 Å². The van der Waals surface area contributed by atoms with Crippen LogP contribution in [0.5, 0.6) is 0 Å². The van der Waals surface area contributed by atoms with Crippen molar-refractivity contribution in [3.8, 4) is 6.07 Å². The number of nitrogens with zero attached hydrogens (tertiary/aromatic N) is 3. The molecule has 1 N–H and O–H groups in total. The van der Waals surface area contributed by atoms with Crippen LogP contribution >= 0.6 is 0 Å². The van der Waals surface area contributed by atoms with E-state index in [2.05, 4.69) is 5.29 Å². The maximum atomic E-state index is 10.7. The molecule has 0 heterocycles. The quantitative estimate of drug-likeness (QED) is 0.468. The van der Waals surface area contributed by atoms with Gasteiger partial charge in [-0.05, 0) is 0 Å². The molecular formula is C5H8N4O2. The second-order valence-corrected chi connectivity index (χ2v) is 1.84. The summed E-state index contributed by atoms with van der Waals surface area (Å²) in [5.74, 6) is 0. The second-order valence-electron chi connectivity index (χ2n) is 1.84. The first-order valence-electron chi connectivity index (χ1n) is 2.92. The molecule has 0 aromatic carbocycles. The molecule has 0 rings (SSSR count). The van der Waals surface area contributed by atoms with Crippen molar-refractivity contribution in [2.75, 3.05) is 13.6 Å². The zero-order chi connectivity index (χ0) is 8.69. The topological polar surface area (TPSA) is 85.6 Å². The Morgan fingerprint density at radius 3 is 2.91 bits per heavy atom. The number of carbonyl (C=O) groups is 1. The minimum atomic E-state index is -0.602. The van der Waals surface area contributed by atoms with Gasteiger partial charge < -0.3 is 4.90 Å². The molecule has 0 atom stereocenters. The van der Waals surface area contributed by atoms with E-state index in [9.17, 15) is 9.70 Å². The average Bonchev–Trinajstić information content (AvgIpc) is 2.00. The highest BCUT2D eigenvalue weighted by atomic mass is 16.3. The summed E-state index contributed by atoms with van der Waals surface area (Å²) in [4.78, 5) is 21.4. The van der Waals surface area contributed by atoms with Gasteiger partial charge in [0.1, 0.15) is 0 Å². The Bertz CT molecular complexity index is 185. The lowest BCUT2D eigenvalue weighted by atomic mass is 10.4. The summed E-state index contributed by atoms with van der Waals surface area (Å²) in [5.41, 5.74) is 1.70. The van der Waals surface area contributed by atoms with Crippen LogP contribution in [0.4, 0.5) is 4.79 Å². The van der Waals surface area contributed by atoms with E-state index >= 15 is 0 Å². The third kappa shape index (κ3) is 3.86. The minimum Gasteiger partial charge on any atom is -0.325 e. The molecule has 0 aromatic rings. The van der Waals surface area contributed by atoms with Gasteiger partial charge in [-0.3, -0.25) is 0 Å². The van der Waals surface area contributed by atoms with Crippen LogP contribution in [-0.4, -0.2) is 24.5 Å². The Labute approximate surface area is 63.7 Å². The van der Waals surface area contributed by atoms with Gasteiger partial charge in [0.15, 0.2) is 0 Å². The lowest BCUT2D eigenvalue weighted by Gasteiger charge is -2.12. The number of urea groups is 1. The number of nitrogens with one attached hydrogen (secondary N) is 1. The molecule has 0 saturated heterocycles. The number of amides is 2. The Kier molecular flexibility index (Phi) is 4.40. The van der Waals surface area contributed by atoms with Gasteiger partial charge in [-0.2, -0.15) is 10.7 Å². The van der Waals surface area contributed by atoms with E-state index in [0.29, 0.717) is 0 Å². The molecule has 0 unspecified atom stereocenters. The van der Waals surface area contributed by atoms with Crippen LogP contribution in [0.15, 0.2) is 5.29 Å². The fourth-order valence-corrected chi connectivity index (χ4v) is 0.444. The molecule has 0 fully saturated rings. The molecule has 6 nitrogen and oxygen atoms in total. The average molecular weight is 156 g/mol. The zero-order valence-corrected chi connectivity index (χ0v) is 6.07. The standard InChI is InChI=1S/C5H8N4O2/c1-9(4-2-3-6)5(10)7-8-11/h2,4H2,1H3,(H,7,10,11). The van der Waals surface area contributed by atoms with Crippen LogP contribution < -0.4 is 5.43 Å². The fraction of sp³-hybridized carbons (Fsp3) is 0.600. The van der Waals surface area contributed by atoms with Crippen molar-refractivity contribution in [2.24, 2.45) is 5.29 Å². The van der Waals surface area contributed by atoms with E-state index in [1.165, 1.54) is 11.9 Å². The maximum Gasteiger partial charge on any atom is 0.340 e. The predicted molar refractivity (Wildman–Crippen MR) is 37.2 cm³/mol. The molecule has 0 saturated carbocycles. The third-order valence-electron chi connectivity index (χ3n) is 1.05. The van der Waals surface area contributed by atoms with Crippen LogP contribution in [0, 0.1) is 16.2 Å². The van der Waals surface area contributed by atoms with E-state index < -0.39 is 6.03 Å². The number of carbonyl (C=O) groups excluding carboxylic acids is 1. The monoisotopic (exact) mass is 156 g/mol. The third-order valence-corrected chi connectivity index (χ3v) is 1.05. The lowest BCUT2D eigenvalue weighted by Crippen LogP contribution is -2.34. The largest absolute Gasteiger partial charge is 0.340 e. The van der Waals surface area contributed by atoms with Crippen LogP contribution in [0.2, 0.25) is 0 Å². The Hall–Kier alpha value is -1.64. The van der Waals surface area contributed by atoms with E-state index in [1.54, 1.807) is 5.43 Å². The smallest absolute Gasteiger partial charge is 0.325 e. The number of nitroso groups, excluding NO2 is 1. The summed E-state index contributed by atoms with van der Waals surface area (Å²) in [6.07, 6.45) is 0.239. The van der Waals surface area contributed by atoms with Crippen molar-refractivity contribution >= 4 is 6.03 Å². The second kappa shape index (κ2) is 5.17. The summed E-state index contributed by atoms with van der Waals surface area (Å²) >= 11 is 0. The van der Waals surface area contributed by atoms with Gasteiger partial charge in [-0.25, -0.2) is 4.79 Å². The zero-order valence-electron chi connectivity index (χ0n) is 6.07. The molecule has 0 bridgehead atoms. The van der Waals surface area contributed by atoms with E-state index in [0.717, 1.165) is 0 Å². The first-order valence-corrected chi connectivity index (χ1v) is 2.92. The molecule has 60 valence electrons. The van der Waals surface area contributed by atoms with Gasteiger partial charge in [-0.1, -0.05) is 0 Å². The minimum absolute atomic E-state index is 0.239. The highest BCUT2D eigenvalue weighted by Crippen LogP contribution is 1.86.